The van der Waals surface area contributed by atoms with Crippen LogP contribution in [0, 0.1) is 5.92 Å². The van der Waals surface area contributed by atoms with Crippen LogP contribution in [0.3, 0.4) is 0 Å². The van der Waals surface area contributed by atoms with E-state index in [0.29, 0.717) is 17.6 Å². The monoisotopic (exact) mass is 357 g/mol. The fraction of sp³-hybridized carbons (Fsp3) is 0.556. The van der Waals surface area contributed by atoms with Gasteiger partial charge in [0.25, 0.3) is 0 Å². The van der Waals surface area contributed by atoms with Gasteiger partial charge < -0.3 is 19.5 Å². The third-order valence-electron chi connectivity index (χ3n) is 4.77. The Bertz CT molecular complexity index is 765. The summed E-state index contributed by atoms with van der Waals surface area (Å²) in [5.74, 6) is 3.01. The number of carbonyl (C=O) groups excluding carboxylic acids is 1. The zero-order valence-electron chi connectivity index (χ0n) is 15.0. The summed E-state index contributed by atoms with van der Waals surface area (Å²) in [6, 6.07) is 1.73. The Kier molecular flexibility index (Phi) is 4.48. The van der Waals surface area contributed by atoms with Crippen molar-refractivity contribution in [3.63, 3.8) is 0 Å². The van der Waals surface area contributed by atoms with Crippen molar-refractivity contribution in [2.45, 2.75) is 38.6 Å². The first-order valence-electron chi connectivity index (χ1n) is 9.02. The minimum absolute atomic E-state index is 0.0908. The van der Waals surface area contributed by atoms with Crippen LogP contribution < -0.4 is 15.0 Å². The molecule has 4 rings (SSSR count). The second-order valence-electron chi connectivity index (χ2n) is 7.15. The maximum atomic E-state index is 11.1. The maximum absolute atomic E-state index is 11.1. The average Bonchev–Trinajstić information content (AvgIpc) is 3.28. The summed E-state index contributed by atoms with van der Waals surface area (Å²) in [5.41, 5.74) is 0.901. The van der Waals surface area contributed by atoms with Crippen molar-refractivity contribution in [3.8, 4) is 5.75 Å². The lowest BCUT2D eigenvalue weighted by Gasteiger charge is -2.37. The molecule has 3 heterocycles. The number of anilines is 1. The molecule has 0 aromatic carbocycles. The Balaban J connectivity index is 1.29. The van der Waals surface area contributed by atoms with Crippen molar-refractivity contribution in [1.82, 2.24) is 20.4 Å². The zero-order chi connectivity index (χ0) is 18.1. The van der Waals surface area contributed by atoms with Gasteiger partial charge in [-0.3, -0.25) is 4.79 Å². The Morgan fingerprint density at radius 2 is 2.12 bits per heavy atom. The van der Waals surface area contributed by atoms with Gasteiger partial charge in [0, 0.05) is 32.0 Å². The summed E-state index contributed by atoms with van der Waals surface area (Å²) in [6.45, 7) is 5.71. The van der Waals surface area contributed by atoms with Crippen molar-refractivity contribution < 1.29 is 14.1 Å². The number of aromatic nitrogens is 3. The van der Waals surface area contributed by atoms with Crippen LogP contribution in [0.2, 0.25) is 0 Å². The molecule has 1 N–H and O–H groups in total. The highest BCUT2D eigenvalue weighted by atomic mass is 16.5. The minimum atomic E-state index is -0.184. The third kappa shape index (κ3) is 3.79. The van der Waals surface area contributed by atoms with Crippen molar-refractivity contribution in [3.05, 3.63) is 29.9 Å². The summed E-state index contributed by atoms with van der Waals surface area (Å²) in [7, 11) is 0. The topological polar surface area (TPSA) is 93.4 Å². The van der Waals surface area contributed by atoms with Crippen molar-refractivity contribution in [2.24, 2.45) is 5.92 Å². The van der Waals surface area contributed by atoms with Crippen LogP contribution in [0.1, 0.15) is 50.1 Å². The maximum Gasteiger partial charge on any atom is 0.225 e. The first-order valence-corrected chi connectivity index (χ1v) is 9.02. The summed E-state index contributed by atoms with van der Waals surface area (Å²) in [5, 5.41) is 6.94. The highest BCUT2D eigenvalue weighted by molar-refractivity contribution is 5.73. The molecule has 0 spiro atoms. The van der Waals surface area contributed by atoms with Gasteiger partial charge in [-0.25, -0.2) is 9.97 Å². The number of hydrogen-bond donors (Lipinski definition) is 1. The van der Waals surface area contributed by atoms with E-state index in [0.717, 1.165) is 31.1 Å². The fourth-order valence-electron chi connectivity index (χ4n) is 2.95. The van der Waals surface area contributed by atoms with E-state index in [1.165, 1.54) is 19.8 Å². The van der Waals surface area contributed by atoms with Gasteiger partial charge in [-0.2, -0.15) is 0 Å². The number of carbonyl (C=O) groups is 1. The van der Waals surface area contributed by atoms with Gasteiger partial charge in [-0.15, -0.1) is 0 Å². The molecule has 0 radical (unpaired) electrons. The summed E-state index contributed by atoms with van der Waals surface area (Å²) in [6.07, 6.45) is 6.01. The van der Waals surface area contributed by atoms with Crippen LogP contribution in [0.25, 0.3) is 0 Å². The lowest BCUT2D eigenvalue weighted by atomic mass is 9.96. The summed E-state index contributed by atoms with van der Waals surface area (Å²) in [4.78, 5) is 22.0. The molecule has 2 aromatic rings. The second kappa shape index (κ2) is 6.93. The molecule has 1 aliphatic carbocycles. The number of rotatable bonds is 7. The molecule has 1 saturated heterocycles. The first kappa shape index (κ1) is 16.8. The Hall–Kier alpha value is -2.64. The molecule has 1 saturated carbocycles. The average molecular weight is 357 g/mol. The van der Waals surface area contributed by atoms with Crippen LogP contribution in [0.4, 0.5) is 5.95 Å². The van der Waals surface area contributed by atoms with E-state index in [9.17, 15) is 4.79 Å². The van der Waals surface area contributed by atoms with E-state index in [-0.39, 0.29) is 17.9 Å². The molecule has 2 fully saturated rings. The molecule has 1 amide bonds. The van der Waals surface area contributed by atoms with Crippen LogP contribution in [0.15, 0.2) is 23.0 Å². The van der Waals surface area contributed by atoms with Gasteiger partial charge in [0.05, 0.1) is 30.7 Å². The number of nitrogens with one attached hydrogen (secondary N) is 1. The van der Waals surface area contributed by atoms with Crippen LogP contribution >= 0.6 is 0 Å². The van der Waals surface area contributed by atoms with Crippen LogP contribution in [0.5, 0.6) is 5.75 Å². The number of amides is 1. The highest BCUT2D eigenvalue weighted by Crippen LogP contribution is 2.31. The van der Waals surface area contributed by atoms with Gasteiger partial charge >= 0.3 is 0 Å². The number of hydrogen-bond acceptors (Lipinski definition) is 7. The summed E-state index contributed by atoms with van der Waals surface area (Å²) < 4.78 is 11.0. The standard InChI is InChI=1S/C18H23N5O3/c1-11(21-12(2)24)17-5-16(22-26-17)14-8-23(9-14)18-19-6-15(7-20-18)25-10-13-3-4-13/h5-7,11,13-14H,3-4,8-10H2,1-2H3,(H,21,24)/t11-/m0/s1. The SMILES string of the molecule is CC(=O)N[C@@H](C)c1cc(C2CN(c3ncc(OCC4CC4)cn3)C2)no1. The molecular formula is C18H23N5O3. The molecule has 1 aliphatic heterocycles. The number of ether oxygens (including phenoxy) is 1. The molecule has 1 atom stereocenters. The largest absolute Gasteiger partial charge is 0.490 e. The van der Waals surface area contributed by atoms with E-state index >= 15 is 0 Å². The fourth-order valence-corrected chi connectivity index (χ4v) is 2.95. The van der Waals surface area contributed by atoms with Crippen LogP contribution in [-0.4, -0.2) is 40.7 Å². The number of nitrogens with zero attached hydrogens (tertiary/aromatic N) is 4. The van der Waals surface area contributed by atoms with Gasteiger partial charge in [-0.05, 0) is 25.7 Å². The smallest absolute Gasteiger partial charge is 0.225 e. The van der Waals surface area contributed by atoms with E-state index in [1.807, 2.05) is 13.0 Å². The van der Waals surface area contributed by atoms with E-state index < -0.39 is 0 Å². The molecule has 2 aliphatic rings. The van der Waals surface area contributed by atoms with E-state index in [1.54, 1.807) is 12.4 Å². The quantitative estimate of drug-likeness (QED) is 0.810. The predicted octanol–water partition coefficient (Wildman–Crippen LogP) is 2.05. The van der Waals surface area contributed by atoms with Crippen molar-refractivity contribution in [2.75, 3.05) is 24.6 Å². The summed E-state index contributed by atoms with van der Waals surface area (Å²) >= 11 is 0. The lowest BCUT2D eigenvalue weighted by molar-refractivity contribution is -0.119. The van der Waals surface area contributed by atoms with E-state index in [2.05, 4.69) is 25.3 Å². The normalized spacial score (nSPS) is 18.3. The Labute approximate surface area is 151 Å². The highest BCUT2D eigenvalue weighted by Gasteiger charge is 2.33. The van der Waals surface area contributed by atoms with Crippen molar-refractivity contribution >= 4 is 11.9 Å². The minimum Gasteiger partial charge on any atom is -0.490 e. The molecule has 2 aromatic heterocycles. The Morgan fingerprint density at radius 1 is 1.38 bits per heavy atom. The second-order valence-corrected chi connectivity index (χ2v) is 7.15. The molecule has 26 heavy (non-hydrogen) atoms. The first-order chi connectivity index (χ1) is 12.6. The molecule has 0 unspecified atom stereocenters. The lowest BCUT2D eigenvalue weighted by Crippen LogP contribution is -2.46. The van der Waals surface area contributed by atoms with Gasteiger partial charge in [0.1, 0.15) is 0 Å². The third-order valence-corrected chi connectivity index (χ3v) is 4.77. The Morgan fingerprint density at radius 3 is 2.77 bits per heavy atom. The zero-order valence-corrected chi connectivity index (χ0v) is 15.0. The predicted molar refractivity (Wildman–Crippen MR) is 93.9 cm³/mol. The van der Waals surface area contributed by atoms with Crippen LogP contribution in [-0.2, 0) is 4.79 Å². The molecular weight excluding hydrogens is 334 g/mol. The van der Waals surface area contributed by atoms with Gasteiger partial charge in [0.15, 0.2) is 11.5 Å². The van der Waals surface area contributed by atoms with Gasteiger partial charge in [0.2, 0.25) is 11.9 Å². The van der Waals surface area contributed by atoms with E-state index in [4.69, 9.17) is 9.26 Å². The molecule has 8 heteroatoms. The molecule has 0 bridgehead atoms. The van der Waals surface area contributed by atoms with Gasteiger partial charge in [-0.1, -0.05) is 5.16 Å². The molecule has 8 nitrogen and oxygen atoms in total. The van der Waals surface area contributed by atoms with Crippen molar-refractivity contribution in [1.29, 1.82) is 0 Å². The molecule has 138 valence electrons.